The van der Waals surface area contributed by atoms with E-state index < -0.39 is 5.56 Å². The Hall–Kier alpha value is -3.13. The number of aryl methyl sites for hydroxylation is 1. The summed E-state index contributed by atoms with van der Waals surface area (Å²) in [7, 11) is 0. The zero-order valence-electron chi connectivity index (χ0n) is 14.0. The van der Waals surface area contributed by atoms with E-state index in [2.05, 4.69) is 20.5 Å². The molecule has 0 unspecified atom stereocenters. The fourth-order valence-corrected chi connectivity index (χ4v) is 2.93. The van der Waals surface area contributed by atoms with Gasteiger partial charge < -0.3 is 11.1 Å². The van der Waals surface area contributed by atoms with Crippen molar-refractivity contribution in [3.05, 3.63) is 64.4 Å². The molecule has 0 atom stereocenters. The zero-order valence-corrected chi connectivity index (χ0v) is 14.8. The van der Waals surface area contributed by atoms with Gasteiger partial charge in [0.25, 0.3) is 5.56 Å². The Morgan fingerprint density at radius 3 is 2.73 bits per heavy atom. The highest BCUT2D eigenvalue weighted by molar-refractivity contribution is 7.99. The molecule has 0 saturated carbocycles. The van der Waals surface area contributed by atoms with Crippen LogP contribution in [-0.4, -0.2) is 26.8 Å². The molecule has 7 nitrogen and oxygen atoms in total. The van der Waals surface area contributed by atoms with Crippen molar-refractivity contribution >= 4 is 29.0 Å². The molecule has 3 aromatic rings. The second kappa shape index (κ2) is 7.83. The van der Waals surface area contributed by atoms with Crippen molar-refractivity contribution in [1.82, 2.24) is 15.2 Å². The third kappa shape index (κ3) is 4.28. The number of carbonyl (C=O) groups excluding carboxylic acids is 1. The number of rotatable bonds is 5. The van der Waals surface area contributed by atoms with Crippen LogP contribution in [0.25, 0.3) is 11.3 Å². The fourth-order valence-electron chi connectivity index (χ4n) is 2.33. The monoisotopic (exact) mass is 367 g/mol. The number of hydrogen-bond donors (Lipinski definition) is 3. The lowest BCUT2D eigenvalue weighted by atomic mass is 10.1. The smallest absolute Gasteiger partial charge is 0.278 e. The molecular formula is C18H17N5O2S. The summed E-state index contributed by atoms with van der Waals surface area (Å²) in [5.41, 5.74) is 8.37. The highest BCUT2D eigenvalue weighted by atomic mass is 32.2. The van der Waals surface area contributed by atoms with E-state index in [0.29, 0.717) is 11.3 Å². The van der Waals surface area contributed by atoms with E-state index >= 15 is 0 Å². The number of amides is 1. The van der Waals surface area contributed by atoms with Gasteiger partial charge in [0, 0.05) is 16.9 Å². The number of H-pyrrole nitrogens is 1. The fraction of sp³-hybridized carbons (Fsp3) is 0.111. The molecule has 1 heterocycles. The van der Waals surface area contributed by atoms with Crippen LogP contribution in [0, 0.1) is 6.92 Å². The quantitative estimate of drug-likeness (QED) is 0.471. The van der Waals surface area contributed by atoms with Crippen molar-refractivity contribution < 1.29 is 4.79 Å². The van der Waals surface area contributed by atoms with Crippen LogP contribution in [0.3, 0.4) is 0 Å². The van der Waals surface area contributed by atoms with Gasteiger partial charge in [-0.3, -0.25) is 14.6 Å². The Kier molecular flexibility index (Phi) is 5.33. The van der Waals surface area contributed by atoms with Crippen molar-refractivity contribution in [2.24, 2.45) is 0 Å². The molecule has 0 aliphatic rings. The van der Waals surface area contributed by atoms with Gasteiger partial charge in [0.2, 0.25) is 5.91 Å². The Bertz CT molecular complexity index is 1000. The van der Waals surface area contributed by atoms with Crippen molar-refractivity contribution in [2.75, 3.05) is 16.8 Å². The lowest BCUT2D eigenvalue weighted by Crippen LogP contribution is -2.17. The summed E-state index contributed by atoms with van der Waals surface area (Å²) in [4.78, 5) is 26.9. The van der Waals surface area contributed by atoms with E-state index in [1.807, 2.05) is 31.2 Å². The maximum atomic E-state index is 12.2. The summed E-state index contributed by atoms with van der Waals surface area (Å²) in [6.07, 6.45) is 0. The molecule has 0 aliphatic carbocycles. The predicted octanol–water partition coefficient (Wildman–Crippen LogP) is 2.45. The lowest BCUT2D eigenvalue weighted by Gasteiger charge is -2.06. The minimum atomic E-state index is -0.403. The molecule has 0 spiro atoms. The number of para-hydroxylation sites is 1. The van der Waals surface area contributed by atoms with Crippen LogP contribution >= 0.6 is 11.8 Å². The summed E-state index contributed by atoms with van der Waals surface area (Å²) in [6, 6.07) is 14.5. The van der Waals surface area contributed by atoms with Crippen molar-refractivity contribution in [3.63, 3.8) is 0 Å². The highest BCUT2D eigenvalue weighted by Crippen LogP contribution is 2.20. The average Bonchev–Trinajstić information content (AvgIpc) is 2.61. The molecule has 4 N–H and O–H groups in total. The van der Waals surface area contributed by atoms with E-state index in [0.717, 1.165) is 23.0 Å². The number of aromatic amines is 1. The van der Waals surface area contributed by atoms with Crippen LogP contribution in [0.2, 0.25) is 0 Å². The highest BCUT2D eigenvalue weighted by Gasteiger charge is 2.11. The van der Waals surface area contributed by atoms with Crippen LogP contribution in [0.1, 0.15) is 5.56 Å². The van der Waals surface area contributed by atoms with Crippen molar-refractivity contribution in [1.29, 1.82) is 0 Å². The van der Waals surface area contributed by atoms with Crippen LogP contribution in [0.4, 0.5) is 11.4 Å². The summed E-state index contributed by atoms with van der Waals surface area (Å²) in [5, 5.41) is 11.0. The number of hydrogen-bond acceptors (Lipinski definition) is 6. The normalized spacial score (nSPS) is 10.5. The first kappa shape index (κ1) is 17.7. The summed E-state index contributed by atoms with van der Waals surface area (Å²) >= 11 is 1.10. The molecule has 0 saturated heterocycles. The minimum absolute atomic E-state index is 0.103. The summed E-state index contributed by atoms with van der Waals surface area (Å²) < 4.78 is 0. The molecule has 1 aromatic heterocycles. The number of nitrogens with zero attached hydrogens (tertiary/aromatic N) is 2. The SMILES string of the molecule is Cc1cccc(NC(=O)CSc2nnc(-c3ccccc3N)c(=O)[nH]2)c1. The first-order valence-electron chi connectivity index (χ1n) is 7.84. The number of nitrogens with two attached hydrogens (primary N) is 1. The molecule has 2 aromatic carbocycles. The standard InChI is InChI=1S/C18H17N5O2S/c1-11-5-4-6-12(9-11)20-15(24)10-26-18-21-17(25)16(22-23-18)13-7-2-3-8-14(13)19/h2-9H,10,19H2,1H3,(H,20,24)(H,21,23,25). The number of aromatic nitrogens is 3. The number of anilines is 2. The van der Waals surface area contributed by atoms with E-state index in [1.165, 1.54) is 0 Å². The van der Waals surface area contributed by atoms with Gasteiger partial charge in [-0.15, -0.1) is 10.2 Å². The second-order valence-corrected chi connectivity index (χ2v) is 6.57. The Morgan fingerprint density at radius 2 is 2.00 bits per heavy atom. The van der Waals surface area contributed by atoms with E-state index in [4.69, 9.17) is 5.73 Å². The number of thioether (sulfide) groups is 1. The average molecular weight is 367 g/mol. The van der Waals surface area contributed by atoms with Gasteiger partial charge in [0.1, 0.15) is 0 Å². The molecule has 0 fully saturated rings. The van der Waals surface area contributed by atoms with Crippen LogP contribution in [0.15, 0.2) is 58.5 Å². The van der Waals surface area contributed by atoms with Crippen LogP contribution < -0.4 is 16.6 Å². The molecular weight excluding hydrogens is 350 g/mol. The van der Waals surface area contributed by atoms with Crippen LogP contribution in [-0.2, 0) is 4.79 Å². The summed E-state index contributed by atoms with van der Waals surface area (Å²) in [5.74, 6) is -0.0922. The third-order valence-corrected chi connectivity index (χ3v) is 4.40. The van der Waals surface area contributed by atoms with Gasteiger partial charge in [-0.25, -0.2) is 0 Å². The van der Waals surface area contributed by atoms with Crippen LogP contribution in [0.5, 0.6) is 0 Å². The van der Waals surface area contributed by atoms with Gasteiger partial charge >= 0.3 is 0 Å². The summed E-state index contributed by atoms with van der Waals surface area (Å²) in [6.45, 7) is 1.95. The number of nitrogens with one attached hydrogen (secondary N) is 2. The van der Waals surface area contributed by atoms with Gasteiger partial charge in [0.05, 0.1) is 5.75 Å². The largest absolute Gasteiger partial charge is 0.398 e. The predicted molar refractivity (Wildman–Crippen MR) is 103 cm³/mol. The molecule has 0 aliphatic heterocycles. The molecule has 8 heteroatoms. The molecule has 0 radical (unpaired) electrons. The van der Waals surface area contributed by atoms with E-state index in [-0.39, 0.29) is 22.5 Å². The Morgan fingerprint density at radius 1 is 1.19 bits per heavy atom. The first-order valence-corrected chi connectivity index (χ1v) is 8.82. The molecule has 132 valence electrons. The maximum Gasteiger partial charge on any atom is 0.278 e. The van der Waals surface area contributed by atoms with Gasteiger partial charge in [-0.1, -0.05) is 42.1 Å². The number of nitrogen functional groups attached to an aromatic ring is 1. The topological polar surface area (TPSA) is 114 Å². The van der Waals surface area contributed by atoms with Gasteiger partial charge in [0.15, 0.2) is 10.9 Å². The second-order valence-electron chi connectivity index (χ2n) is 5.60. The maximum absolute atomic E-state index is 12.2. The van der Waals surface area contributed by atoms with Gasteiger partial charge in [-0.05, 0) is 30.7 Å². The number of benzene rings is 2. The number of carbonyl (C=O) groups is 1. The minimum Gasteiger partial charge on any atom is -0.398 e. The van der Waals surface area contributed by atoms with Crippen molar-refractivity contribution in [2.45, 2.75) is 12.1 Å². The van der Waals surface area contributed by atoms with E-state index in [1.54, 1.807) is 24.3 Å². The van der Waals surface area contributed by atoms with Gasteiger partial charge in [-0.2, -0.15) is 0 Å². The first-order chi connectivity index (χ1) is 12.5. The Balaban J connectivity index is 1.66. The lowest BCUT2D eigenvalue weighted by molar-refractivity contribution is -0.113. The third-order valence-electron chi connectivity index (χ3n) is 3.53. The molecule has 1 amide bonds. The molecule has 0 bridgehead atoms. The molecule has 26 heavy (non-hydrogen) atoms. The zero-order chi connectivity index (χ0) is 18.5. The molecule has 3 rings (SSSR count). The Labute approximate surface area is 154 Å². The van der Waals surface area contributed by atoms with E-state index in [9.17, 15) is 9.59 Å². The van der Waals surface area contributed by atoms with Crippen molar-refractivity contribution in [3.8, 4) is 11.3 Å².